The summed E-state index contributed by atoms with van der Waals surface area (Å²) in [5, 5.41) is 9.39. The predicted octanol–water partition coefficient (Wildman–Crippen LogP) is 2.39. The van der Waals surface area contributed by atoms with Crippen LogP contribution in [0.15, 0.2) is 47.6 Å². The summed E-state index contributed by atoms with van der Waals surface area (Å²) in [7, 11) is 0. The van der Waals surface area contributed by atoms with Gasteiger partial charge in [-0.2, -0.15) is 0 Å². The molecule has 1 atom stereocenters. The predicted molar refractivity (Wildman–Crippen MR) is 59.9 cm³/mol. The third-order valence-electron chi connectivity index (χ3n) is 3.43. The second-order valence-corrected chi connectivity index (χ2v) is 4.30. The maximum Gasteiger partial charge on any atom is 0.175 e. The molecule has 1 aliphatic heterocycles. The molecule has 0 bridgehead atoms. The lowest BCUT2D eigenvalue weighted by Gasteiger charge is -2.32. The second kappa shape index (κ2) is 3.70. The van der Waals surface area contributed by atoms with Crippen molar-refractivity contribution in [2.45, 2.75) is 24.5 Å². The molecule has 1 unspecified atom stereocenters. The minimum Gasteiger partial charge on any atom is -0.369 e. The SMILES string of the molecule is OOC(C1=CC=CC1)(C1=CC=CC1)C1CO1. The number of hydrogen-bond donors (Lipinski definition) is 1. The van der Waals surface area contributed by atoms with Crippen LogP contribution in [0.5, 0.6) is 0 Å². The largest absolute Gasteiger partial charge is 0.369 e. The van der Waals surface area contributed by atoms with E-state index in [0.29, 0.717) is 6.61 Å². The molecule has 0 aromatic rings. The van der Waals surface area contributed by atoms with E-state index in [1.807, 2.05) is 24.3 Å². The first-order valence-electron chi connectivity index (χ1n) is 5.54. The maximum atomic E-state index is 9.39. The number of rotatable bonds is 4. The summed E-state index contributed by atoms with van der Waals surface area (Å²) in [6, 6.07) is 0. The summed E-state index contributed by atoms with van der Waals surface area (Å²) in [6.45, 7) is 0.648. The van der Waals surface area contributed by atoms with Crippen LogP contribution in [-0.2, 0) is 9.62 Å². The van der Waals surface area contributed by atoms with E-state index in [1.165, 1.54) is 0 Å². The Morgan fingerprint density at radius 2 is 1.75 bits per heavy atom. The standard InChI is InChI=1S/C13H14O3/c14-16-13(12-9-15-12,10-5-1-2-6-10)11-7-3-4-8-11/h1-5,7,12,14H,6,8-9H2. The summed E-state index contributed by atoms with van der Waals surface area (Å²) < 4.78 is 5.37. The van der Waals surface area contributed by atoms with Crippen LogP contribution in [0.4, 0.5) is 0 Å². The first-order valence-corrected chi connectivity index (χ1v) is 5.54. The van der Waals surface area contributed by atoms with Gasteiger partial charge < -0.3 is 4.74 Å². The normalized spacial score (nSPS) is 27.2. The van der Waals surface area contributed by atoms with Gasteiger partial charge in [0.15, 0.2) is 5.60 Å². The monoisotopic (exact) mass is 218 g/mol. The van der Waals surface area contributed by atoms with Gasteiger partial charge in [0.05, 0.1) is 6.61 Å². The molecule has 0 amide bonds. The van der Waals surface area contributed by atoms with Gasteiger partial charge in [-0.3, -0.25) is 5.26 Å². The number of hydrogen-bond acceptors (Lipinski definition) is 3. The highest BCUT2D eigenvalue weighted by Gasteiger charge is 2.53. The molecule has 0 spiro atoms. The van der Waals surface area contributed by atoms with Crippen molar-refractivity contribution < 1.29 is 14.9 Å². The van der Waals surface area contributed by atoms with Gasteiger partial charge in [0, 0.05) is 0 Å². The fourth-order valence-electron chi connectivity index (χ4n) is 2.52. The molecule has 0 aromatic carbocycles. The first kappa shape index (κ1) is 10.0. The molecular formula is C13H14O3. The summed E-state index contributed by atoms with van der Waals surface area (Å²) in [5.41, 5.74) is 1.40. The number of ether oxygens (including phenoxy) is 1. The van der Waals surface area contributed by atoms with Crippen molar-refractivity contribution in [3.63, 3.8) is 0 Å². The molecule has 3 aliphatic rings. The highest BCUT2D eigenvalue weighted by atomic mass is 17.1. The van der Waals surface area contributed by atoms with E-state index in [2.05, 4.69) is 12.2 Å². The molecule has 0 saturated carbocycles. The van der Waals surface area contributed by atoms with Crippen molar-refractivity contribution in [2.75, 3.05) is 6.61 Å². The molecule has 2 aliphatic carbocycles. The van der Waals surface area contributed by atoms with Crippen molar-refractivity contribution in [1.29, 1.82) is 0 Å². The van der Waals surface area contributed by atoms with Crippen LogP contribution in [0.1, 0.15) is 12.8 Å². The van der Waals surface area contributed by atoms with Crippen LogP contribution >= 0.6 is 0 Å². The van der Waals surface area contributed by atoms with Gasteiger partial charge in [0.25, 0.3) is 0 Å². The molecule has 3 heteroatoms. The van der Waals surface area contributed by atoms with E-state index in [9.17, 15) is 5.26 Å². The highest BCUT2D eigenvalue weighted by Crippen LogP contribution is 2.45. The Balaban J connectivity index is 1.98. The Hall–Kier alpha value is -1.16. The lowest BCUT2D eigenvalue weighted by Crippen LogP contribution is -2.41. The van der Waals surface area contributed by atoms with Gasteiger partial charge in [-0.05, 0) is 24.0 Å². The third-order valence-corrected chi connectivity index (χ3v) is 3.43. The van der Waals surface area contributed by atoms with E-state index >= 15 is 0 Å². The zero-order valence-electron chi connectivity index (χ0n) is 8.93. The minimum atomic E-state index is -0.757. The van der Waals surface area contributed by atoms with Gasteiger partial charge >= 0.3 is 0 Å². The second-order valence-electron chi connectivity index (χ2n) is 4.30. The van der Waals surface area contributed by atoms with Crippen molar-refractivity contribution in [1.82, 2.24) is 0 Å². The van der Waals surface area contributed by atoms with Crippen molar-refractivity contribution in [3.8, 4) is 0 Å². The molecule has 0 radical (unpaired) electrons. The number of allylic oxidation sites excluding steroid dienone is 6. The van der Waals surface area contributed by atoms with Crippen molar-refractivity contribution in [3.05, 3.63) is 47.6 Å². The van der Waals surface area contributed by atoms with Gasteiger partial charge in [-0.1, -0.05) is 36.5 Å². The van der Waals surface area contributed by atoms with Crippen molar-refractivity contribution in [2.24, 2.45) is 0 Å². The van der Waals surface area contributed by atoms with Gasteiger partial charge in [-0.15, -0.1) is 0 Å². The fourth-order valence-corrected chi connectivity index (χ4v) is 2.52. The molecule has 0 aromatic heterocycles. The Morgan fingerprint density at radius 3 is 2.06 bits per heavy atom. The summed E-state index contributed by atoms with van der Waals surface area (Å²) in [5.74, 6) is 0. The lowest BCUT2D eigenvalue weighted by molar-refractivity contribution is -0.304. The summed E-state index contributed by atoms with van der Waals surface area (Å²) >= 11 is 0. The molecule has 1 N–H and O–H groups in total. The van der Waals surface area contributed by atoms with Crippen LogP contribution in [0.2, 0.25) is 0 Å². The Morgan fingerprint density at radius 1 is 1.19 bits per heavy atom. The smallest absolute Gasteiger partial charge is 0.175 e. The highest BCUT2D eigenvalue weighted by molar-refractivity contribution is 5.46. The van der Waals surface area contributed by atoms with Gasteiger partial charge in [0.1, 0.15) is 6.10 Å². The molecule has 1 fully saturated rings. The topological polar surface area (TPSA) is 42.0 Å². The fraction of sp³-hybridized carbons (Fsp3) is 0.385. The number of epoxide rings is 1. The quantitative estimate of drug-likeness (QED) is 0.447. The van der Waals surface area contributed by atoms with E-state index in [-0.39, 0.29) is 6.10 Å². The third kappa shape index (κ3) is 1.33. The van der Waals surface area contributed by atoms with E-state index in [0.717, 1.165) is 24.0 Å². The zero-order chi connectivity index (χ0) is 11.0. The average Bonchev–Trinajstić information content (AvgIpc) is 2.85. The lowest BCUT2D eigenvalue weighted by atomic mass is 9.81. The molecular weight excluding hydrogens is 204 g/mol. The molecule has 84 valence electrons. The summed E-state index contributed by atoms with van der Waals surface area (Å²) in [4.78, 5) is 4.89. The van der Waals surface area contributed by atoms with Gasteiger partial charge in [0.2, 0.25) is 0 Å². The van der Waals surface area contributed by atoms with Crippen LogP contribution in [-0.4, -0.2) is 23.6 Å². The molecule has 1 saturated heterocycles. The molecule has 3 nitrogen and oxygen atoms in total. The van der Waals surface area contributed by atoms with Crippen LogP contribution < -0.4 is 0 Å². The Labute approximate surface area is 94.3 Å². The molecule has 1 heterocycles. The van der Waals surface area contributed by atoms with Crippen LogP contribution in [0.3, 0.4) is 0 Å². The van der Waals surface area contributed by atoms with Crippen LogP contribution in [0, 0.1) is 0 Å². The maximum absolute atomic E-state index is 9.39. The average molecular weight is 218 g/mol. The zero-order valence-corrected chi connectivity index (χ0v) is 8.93. The Kier molecular flexibility index (Phi) is 2.32. The van der Waals surface area contributed by atoms with E-state index < -0.39 is 5.60 Å². The minimum absolute atomic E-state index is 0.0465. The van der Waals surface area contributed by atoms with E-state index in [1.54, 1.807) is 0 Å². The molecule has 3 rings (SSSR count). The summed E-state index contributed by atoms with van der Waals surface area (Å²) in [6.07, 6.45) is 13.7. The van der Waals surface area contributed by atoms with E-state index in [4.69, 9.17) is 9.62 Å². The Bertz CT molecular complexity index is 381. The first-order chi connectivity index (χ1) is 7.88. The van der Waals surface area contributed by atoms with Crippen LogP contribution in [0.25, 0.3) is 0 Å². The molecule has 16 heavy (non-hydrogen) atoms. The van der Waals surface area contributed by atoms with Gasteiger partial charge in [-0.25, -0.2) is 4.89 Å². The van der Waals surface area contributed by atoms with Crippen molar-refractivity contribution >= 4 is 0 Å².